The molecule has 1 atom stereocenters. The number of para-hydroxylation sites is 1. The number of carbonyl (C=O) groups excluding carboxylic acids is 2. The standard InChI is InChI=1S/C28H33ClN4O3/c1-19-26(34)30-18-28(12-6-5-8-20-7-3-4-9-24(20)36-19)13-15-33(16-14-28)27(35)25-31-22-17-21(29)10-11-23(22)32(25)2/h3-4,7,9-11,17,19H,5-6,8,12-16,18H2,1-2H3,(H,30,34)/t19-/m1/s1. The first-order chi connectivity index (χ1) is 17.3. The lowest BCUT2D eigenvalue weighted by Crippen LogP contribution is -2.49. The number of hydrogen-bond donors (Lipinski definition) is 1. The minimum absolute atomic E-state index is 0.0231. The van der Waals surface area contributed by atoms with Gasteiger partial charge in [0.1, 0.15) is 5.75 Å². The van der Waals surface area contributed by atoms with Crippen molar-refractivity contribution in [3.63, 3.8) is 0 Å². The molecular formula is C28H33ClN4O3. The molecule has 3 heterocycles. The third-order valence-corrected chi connectivity index (χ3v) is 8.07. The number of imidazole rings is 1. The van der Waals surface area contributed by atoms with Gasteiger partial charge in [-0.1, -0.05) is 36.2 Å². The van der Waals surface area contributed by atoms with Crippen molar-refractivity contribution in [2.75, 3.05) is 19.6 Å². The van der Waals surface area contributed by atoms with Gasteiger partial charge in [0.25, 0.3) is 11.8 Å². The van der Waals surface area contributed by atoms with Crippen molar-refractivity contribution in [3.8, 4) is 5.75 Å². The van der Waals surface area contributed by atoms with Gasteiger partial charge in [0, 0.05) is 31.7 Å². The van der Waals surface area contributed by atoms with Crippen LogP contribution >= 0.6 is 11.6 Å². The molecule has 1 saturated heterocycles. The third kappa shape index (κ3) is 4.94. The van der Waals surface area contributed by atoms with Gasteiger partial charge in [-0.15, -0.1) is 0 Å². The quantitative estimate of drug-likeness (QED) is 0.514. The second kappa shape index (κ2) is 10.1. The molecular weight excluding hydrogens is 476 g/mol. The van der Waals surface area contributed by atoms with E-state index in [1.54, 1.807) is 13.0 Å². The van der Waals surface area contributed by atoms with E-state index in [0.717, 1.165) is 60.9 Å². The monoisotopic (exact) mass is 508 g/mol. The average molecular weight is 509 g/mol. The number of likely N-dealkylation sites (tertiary alicyclic amines) is 1. The fourth-order valence-corrected chi connectivity index (χ4v) is 5.67. The second-order valence-corrected chi connectivity index (χ2v) is 10.6. The summed E-state index contributed by atoms with van der Waals surface area (Å²) in [5, 5.41) is 3.76. The van der Waals surface area contributed by atoms with Gasteiger partial charge in [0.15, 0.2) is 11.9 Å². The predicted molar refractivity (Wildman–Crippen MR) is 140 cm³/mol. The molecule has 2 aliphatic heterocycles. The van der Waals surface area contributed by atoms with E-state index in [1.807, 2.05) is 46.8 Å². The molecule has 0 unspecified atom stereocenters. The highest BCUT2D eigenvalue weighted by molar-refractivity contribution is 6.31. The first-order valence-corrected chi connectivity index (χ1v) is 13.2. The highest BCUT2D eigenvalue weighted by Gasteiger charge is 2.37. The molecule has 0 saturated carbocycles. The van der Waals surface area contributed by atoms with E-state index >= 15 is 0 Å². The van der Waals surface area contributed by atoms with Crippen molar-refractivity contribution in [3.05, 3.63) is 58.9 Å². The van der Waals surface area contributed by atoms with Crippen LogP contribution in [0.5, 0.6) is 5.75 Å². The van der Waals surface area contributed by atoms with Crippen LogP contribution in [0.3, 0.4) is 0 Å². The first-order valence-electron chi connectivity index (χ1n) is 12.8. The SMILES string of the molecule is C[C@H]1Oc2ccccc2CCCCC2(CCN(C(=O)c3nc4cc(Cl)ccc4n3C)CC2)CNC1=O. The topological polar surface area (TPSA) is 76.5 Å². The highest BCUT2D eigenvalue weighted by Crippen LogP contribution is 2.37. The van der Waals surface area contributed by atoms with Crippen LogP contribution in [0.15, 0.2) is 42.5 Å². The summed E-state index contributed by atoms with van der Waals surface area (Å²) in [5.41, 5.74) is 2.74. The summed E-state index contributed by atoms with van der Waals surface area (Å²) in [6.07, 6.45) is 5.23. The number of piperidine rings is 1. The summed E-state index contributed by atoms with van der Waals surface area (Å²) in [6, 6.07) is 13.5. The van der Waals surface area contributed by atoms with Crippen molar-refractivity contribution < 1.29 is 14.3 Å². The molecule has 2 aromatic carbocycles. The molecule has 1 aromatic heterocycles. The number of amides is 2. The number of fused-ring (bicyclic) bond motifs is 2. The molecule has 3 aromatic rings. The smallest absolute Gasteiger partial charge is 0.289 e. The van der Waals surface area contributed by atoms with Crippen LogP contribution in [0.25, 0.3) is 11.0 Å². The fraction of sp³-hybridized carbons (Fsp3) is 0.464. The summed E-state index contributed by atoms with van der Waals surface area (Å²) >= 11 is 6.12. The Bertz CT molecular complexity index is 1280. The maximum absolute atomic E-state index is 13.4. The lowest BCUT2D eigenvalue weighted by Gasteiger charge is -2.42. The Labute approximate surface area is 216 Å². The van der Waals surface area contributed by atoms with Crippen molar-refractivity contribution >= 4 is 34.4 Å². The number of benzene rings is 2. The summed E-state index contributed by atoms with van der Waals surface area (Å²) in [6.45, 7) is 3.70. The lowest BCUT2D eigenvalue weighted by molar-refractivity contribution is -0.128. The van der Waals surface area contributed by atoms with Gasteiger partial charge in [0.2, 0.25) is 0 Å². The van der Waals surface area contributed by atoms with Gasteiger partial charge in [-0.05, 0) is 74.3 Å². The van der Waals surface area contributed by atoms with Crippen LogP contribution in [0, 0.1) is 5.41 Å². The Morgan fingerprint density at radius 2 is 1.92 bits per heavy atom. The van der Waals surface area contributed by atoms with Crippen LogP contribution in [-0.4, -0.2) is 52.0 Å². The van der Waals surface area contributed by atoms with E-state index < -0.39 is 6.10 Å². The van der Waals surface area contributed by atoms with E-state index in [1.165, 1.54) is 0 Å². The highest BCUT2D eigenvalue weighted by atomic mass is 35.5. The van der Waals surface area contributed by atoms with Crippen molar-refractivity contribution in [1.29, 1.82) is 0 Å². The molecule has 36 heavy (non-hydrogen) atoms. The summed E-state index contributed by atoms with van der Waals surface area (Å²) in [7, 11) is 1.87. The first kappa shape index (κ1) is 24.6. The molecule has 2 amide bonds. The zero-order valence-corrected chi connectivity index (χ0v) is 21.7. The van der Waals surface area contributed by atoms with E-state index in [9.17, 15) is 9.59 Å². The Balaban J connectivity index is 1.28. The van der Waals surface area contributed by atoms with Gasteiger partial charge in [-0.2, -0.15) is 0 Å². The van der Waals surface area contributed by atoms with Gasteiger partial charge in [-0.3, -0.25) is 9.59 Å². The molecule has 5 rings (SSSR count). The van der Waals surface area contributed by atoms with Crippen LogP contribution in [0.4, 0.5) is 0 Å². The molecule has 190 valence electrons. The Morgan fingerprint density at radius 1 is 1.14 bits per heavy atom. The maximum atomic E-state index is 13.4. The van der Waals surface area contributed by atoms with E-state index in [4.69, 9.17) is 16.3 Å². The van der Waals surface area contributed by atoms with Crippen molar-refractivity contribution in [1.82, 2.24) is 19.8 Å². The van der Waals surface area contributed by atoms with Crippen molar-refractivity contribution in [2.24, 2.45) is 12.5 Å². The second-order valence-electron chi connectivity index (χ2n) is 10.2. The number of ether oxygens (including phenoxy) is 1. The number of aryl methyl sites for hydroxylation is 2. The Morgan fingerprint density at radius 3 is 2.72 bits per heavy atom. The van der Waals surface area contributed by atoms with E-state index in [2.05, 4.69) is 16.4 Å². The van der Waals surface area contributed by atoms with Gasteiger partial charge < -0.3 is 19.5 Å². The molecule has 0 aliphatic carbocycles. The van der Waals surface area contributed by atoms with Gasteiger partial charge >= 0.3 is 0 Å². The number of nitrogens with zero attached hydrogens (tertiary/aromatic N) is 3. The molecule has 1 fully saturated rings. The average Bonchev–Trinajstić information content (AvgIpc) is 3.20. The summed E-state index contributed by atoms with van der Waals surface area (Å²) in [4.78, 5) is 32.7. The zero-order chi connectivity index (χ0) is 25.3. The zero-order valence-electron chi connectivity index (χ0n) is 20.9. The molecule has 1 spiro atoms. The Hall–Kier alpha value is -3.06. The number of nitrogens with one attached hydrogen (secondary N) is 1. The minimum atomic E-state index is -0.560. The molecule has 8 heteroatoms. The van der Waals surface area contributed by atoms with Crippen LogP contribution in [-0.2, 0) is 18.3 Å². The largest absolute Gasteiger partial charge is 0.481 e. The number of halogens is 1. The number of hydrogen-bond acceptors (Lipinski definition) is 4. The normalized spacial score (nSPS) is 20.7. The number of aromatic nitrogens is 2. The predicted octanol–water partition coefficient (Wildman–Crippen LogP) is 4.76. The lowest BCUT2D eigenvalue weighted by atomic mass is 9.74. The van der Waals surface area contributed by atoms with E-state index in [0.29, 0.717) is 30.5 Å². The fourth-order valence-electron chi connectivity index (χ4n) is 5.51. The van der Waals surface area contributed by atoms with Gasteiger partial charge in [-0.25, -0.2) is 4.98 Å². The Kier molecular flexibility index (Phi) is 6.93. The molecule has 0 radical (unpaired) electrons. The van der Waals surface area contributed by atoms with E-state index in [-0.39, 0.29) is 17.2 Å². The molecule has 7 nitrogen and oxygen atoms in total. The summed E-state index contributed by atoms with van der Waals surface area (Å²) < 4.78 is 7.86. The van der Waals surface area contributed by atoms with Crippen LogP contribution in [0.1, 0.15) is 55.2 Å². The minimum Gasteiger partial charge on any atom is -0.481 e. The van der Waals surface area contributed by atoms with Crippen LogP contribution in [0.2, 0.25) is 5.02 Å². The van der Waals surface area contributed by atoms with Crippen LogP contribution < -0.4 is 10.1 Å². The van der Waals surface area contributed by atoms with Crippen molar-refractivity contribution in [2.45, 2.75) is 51.6 Å². The van der Waals surface area contributed by atoms with Gasteiger partial charge in [0.05, 0.1) is 11.0 Å². The molecule has 0 bridgehead atoms. The third-order valence-electron chi connectivity index (χ3n) is 7.83. The molecule has 2 aliphatic rings. The number of rotatable bonds is 1. The maximum Gasteiger partial charge on any atom is 0.289 e. The number of carbonyl (C=O) groups is 2. The summed E-state index contributed by atoms with van der Waals surface area (Å²) in [5.74, 6) is 1.07. The molecule has 1 N–H and O–H groups in total.